The van der Waals surface area contributed by atoms with Gasteiger partial charge in [0.25, 0.3) is 5.91 Å². The number of aliphatic hydroxyl groups excluding tert-OH is 1. The van der Waals surface area contributed by atoms with Gasteiger partial charge in [0.1, 0.15) is 5.75 Å². The third kappa shape index (κ3) is 4.84. The van der Waals surface area contributed by atoms with Crippen molar-refractivity contribution in [2.75, 3.05) is 13.7 Å². The van der Waals surface area contributed by atoms with Gasteiger partial charge in [0.2, 0.25) is 0 Å². The molecule has 0 radical (unpaired) electrons. The van der Waals surface area contributed by atoms with E-state index in [-0.39, 0.29) is 6.61 Å². The van der Waals surface area contributed by atoms with Crippen LogP contribution in [-0.2, 0) is 6.18 Å². The molecule has 1 unspecified atom stereocenters. The van der Waals surface area contributed by atoms with E-state index in [9.17, 15) is 23.1 Å². The summed E-state index contributed by atoms with van der Waals surface area (Å²) < 4.78 is 44.1. The van der Waals surface area contributed by atoms with Crippen LogP contribution in [0.4, 0.5) is 13.2 Å². The smallest absolute Gasteiger partial charge is 0.416 e. The zero-order valence-corrected chi connectivity index (χ0v) is 18.0. The van der Waals surface area contributed by atoms with Gasteiger partial charge >= 0.3 is 6.18 Å². The van der Waals surface area contributed by atoms with E-state index in [0.29, 0.717) is 39.2 Å². The number of halogens is 3. The lowest BCUT2D eigenvalue weighted by Gasteiger charge is -2.16. The number of pyridine rings is 2. The summed E-state index contributed by atoms with van der Waals surface area (Å²) in [5, 5.41) is 13.1. The van der Waals surface area contributed by atoms with Gasteiger partial charge in [-0.2, -0.15) is 13.2 Å². The number of ether oxygens (including phenoxy) is 1. The highest BCUT2D eigenvalue weighted by Gasteiger charge is 2.30. The molecule has 0 saturated heterocycles. The molecule has 2 aromatic heterocycles. The van der Waals surface area contributed by atoms with E-state index in [0.717, 1.165) is 12.1 Å². The van der Waals surface area contributed by atoms with Crippen molar-refractivity contribution < 1.29 is 27.8 Å². The SMILES string of the molecule is COc1cc(-c2ccc(C(F)(F)F)cc2)nc2cc(C(=O)NC(CO)c3ccccn3)ccc12. The number of carbonyl (C=O) groups is 1. The quantitative estimate of drug-likeness (QED) is 0.426. The van der Waals surface area contributed by atoms with Gasteiger partial charge in [-0.1, -0.05) is 18.2 Å². The van der Waals surface area contributed by atoms with Crippen molar-refractivity contribution in [3.8, 4) is 17.0 Å². The van der Waals surface area contributed by atoms with Crippen molar-refractivity contribution in [2.24, 2.45) is 0 Å². The molecule has 2 heterocycles. The zero-order valence-electron chi connectivity index (χ0n) is 18.0. The maximum absolute atomic E-state index is 12.9. The minimum Gasteiger partial charge on any atom is -0.496 e. The molecule has 0 aliphatic rings. The molecule has 0 saturated carbocycles. The Balaban J connectivity index is 1.68. The van der Waals surface area contributed by atoms with Gasteiger partial charge in [-0.3, -0.25) is 9.78 Å². The number of benzene rings is 2. The molecule has 2 N–H and O–H groups in total. The molecule has 34 heavy (non-hydrogen) atoms. The third-order valence-electron chi connectivity index (χ3n) is 5.29. The van der Waals surface area contributed by atoms with Crippen LogP contribution in [0, 0.1) is 0 Å². The molecular weight excluding hydrogens is 447 g/mol. The van der Waals surface area contributed by atoms with Gasteiger partial charge in [0.15, 0.2) is 0 Å². The first kappa shape index (κ1) is 23.2. The largest absolute Gasteiger partial charge is 0.496 e. The number of hydrogen-bond donors (Lipinski definition) is 2. The second-order valence-electron chi connectivity index (χ2n) is 7.48. The molecule has 0 aliphatic carbocycles. The number of methoxy groups -OCH3 is 1. The monoisotopic (exact) mass is 467 g/mol. The van der Waals surface area contributed by atoms with Crippen molar-refractivity contribution in [1.82, 2.24) is 15.3 Å². The number of aromatic nitrogens is 2. The van der Waals surface area contributed by atoms with E-state index in [1.165, 1.54) is 19.2 Å². The molecule has 2 aromatic carbocycles. The highest BCUT2D eigenvalue weighted by molar-refractivity contribution is 5.99. The molecule has 0 bridgehead atoms. The number of nitrogens with one attached hydrogen (secondary N) is 1. The second-order valence-corrected chi connectivity index (χ2v) is 7.48. The van der Waals surface area contributed by atoms with Gasteiger partial charge in [-0.15, -0.1) is 0 Å². The highest BCUT2D eigenvalue weighted by Crippen LogP contribution is 2.33. The predicted molar refractivity (Wildman–Crippen MR) is 120 cm³/mol. The van der Waals surface area contributed by atoms with Crippen molar-refractivity contribution in [3.05, 3.63) is 89.7 Å². The number of hydrogen-bond acceptors (Lipinski definition) is 5. The highest BCUT2D eigenvalue weighted by atomic mass is 19.4. The van der Waals surface area contributed by atoms with Crippen LogP contribution in [0.25, 0.3) is 22.2 Å². The van der Waals surface area contributed by atoms with Gasteiger partial charge < -0.3 is 15.2 Å². The summed E-state index contributed by atoms with van der Waals surface area (Å²) in [4.78, 5) is 21.6. The summed E-state index contributed by atoms with van der Waals surface area (Å²) in [7, 11) is 1.48. The maximum atomic E-state index is 12.9. The van der Waals surface area contributed by atoms with Crippen LogP contribution in [0.5, 0.6) is 5.75 Å². The Morgan fingerprint density at radius 2 is 1.85 bits per heavy atom. The average Bonchev–Trinajstić information content (AvgIpc) is 2.86. The van der Waals surface area contributed by atoms with Crippen LogP contribution in [0.1, 0.15) is 27.7 Å². The van der Waals surface area contributed by atoms with Crippen LogP contribution in [-0.4, -0.2) is 34.7 Å². The second kappa shape index (κ2) is 9.48. The number of aliphatic hydroxyl groups is 1. The molecule has 1 atom stereocenters. The van der Waals surface area contributed by atoms with E-state index in [4.69, 9.17) is 4.74 Å². The number of rotatable bonds is 6. The topological polar surface area (TPSA) is 84.3 Å². The lowest BCUT2D eigenvalue weighted by atomic mass is 10.0. The molecule has 0 spiro atoms. The normalized spacial score (nSPS) is 12.4. The fraction of sp³-hybridized carbons (Fsp3) is 0.160. The van der Waals surface area contributed by atoms with Gasteiger partial charge in [-0.25, -0.2) is 4.98 Å². The summed E-state index contributed by atoms with van der Waals surface area (Å²) >= 11 is 0. The average molecular weight is 467 g/mol. The summed E-state index contributed by atoms with van der Waals surface area (Å²) in [6.45, 7) is -0.333. The van der Waals surface area contributed by atoms with Crippen LogP contribution in [0.3, 0.4) is 0 Å². The van der Waals surface area contributed by atoms with E-state index in [1.54, 1.807) is 48.7 Å². The predicted octanol–water partition coefficient (Wildman–Crippen LogP) is 4.79. The minimum absolute atomic E-state index is 0.293. The van der Waals surface area contributed by atoms with Crippen molar-refractivity contribution in [1.29, 1.82) is 0 Å². The first-order valence-corrected chi connectivity index (χ1v) is 10.3. The van der Waals surface area contributed by atoms with Crippen molar-refractivity contribution in [3.63, 3.8) is 0 Å². The van der Waals surface area contributed by atoms with Gasteiger partial charge in [-0.05, 0) is 42.5 Å². The van der Waals surface area contributed by atoms with Gasteiger partial charge in [0, 0.05) is 28.8 Å². The Morgan fingerprint density at radius 3 is 2.47 bits per heavy atom. The summed E-state index contributed by atoms with van der Waals surface area (Å²) in [6.07, 6.45) is -2.86. The molecular formula is C25H20F3N3O3. The maximum Gasteiger partial charge on any atom is 0.416 e. The van der Waals surface area contributed by atoms with Gasteiger partial charge in [0.05, 0.1) is 42.2 Å². The molecule has 1 amide bonds. The number of nitrogens with zero attached hydrogens (tertiary/aromatic N) is 2. The van der Waals surface area contributed by atoms with Crippen LogP contribution >= 0.6 is 0 Å². The molecule has 0 aliphatic heterocycles. The van der Waals surface area contributed by atoms with Crippen molar-refractivity contribution >= 4 is 16.8 Å². The Labute approximate surface area is 193 Å². The first-order valence-electron chi connectivity index (χ1n) is 10.3. The van der Waals surface area contributed by atoms with Crippen LogP contribution in [0.2, 0.25) is 0 Å². The minimum atomic E-state index is -4.43. The first-order chi connectivity index (χ1) is 16.3. The van der Waals surface area contributed by atoms with E-state index in [1.807, 2.05) is 0 Å². The lowest BCUT2D eigenvalue weighted by molar-refractivity contribution is -0.137. The van der Waals surface area contributed by atoms with Crippen LogP contribution in [0.15, 0.2) is 72.9 Å². The zero-order chi connectivity index (χ0) is 24.3. The molecule has 6 nitrogen and oxygen atoms in total. The van der Waals surface area contributed by atoms with Crippen LogP contribution < -0.4 is 10.1 Å². The van der Waals surface area contributed by atoms with E-state index in [2.05, 4.69) is 15.3 Å². The molecule has 174 valence electrons. The Morgan fingerprint density at radius 1 is 1.09 bits per heavy atom. The number of carbonyl (C=O) groups excluding carboxylic acids is 1. The van der Waals surface area contributed by atoms with E-state index < -0.39 is 23.7 Å². The lowest BCUT2D eigenvalue weighted by Crippen LogP contribution is -2.31. The molecule has 4 aromatic rings. The number of fused-ring (bicyclic) bond motifs is 1. The summed E-state index contributed by atoms with van der Waals surface area (Å²) in [6, 6.07) is 15.6. The van der Waals surface area contributed by atoms with E-state index >= 15 is 0 Å². The Hall–Kier alpha value is -3.98. The molecule has 4 rings (SSSR count). The third-order valence-corrected chi connectivity index (χ3v) is 5.29. The number of alkyl halides is 3. The summed E-state index contributed by atoms with van der Waals surface area (Å²) in [5.41, 5.74) is 1.36. The van der Waals surface area contributed by atoms with Crippen molar-refractivity contribution in [2.45, 2.75) is 12.2 Å². The molecule has 0 fully saturated rings. The Bertz CT molecular complexity index is 1310. The summed E-state index contributed by atoms with van der Waals surface area (Å²) in [5.74, 6) is 0.0286. The Kier molecular flexibility index (Phi) is 6.47. The number of amides is 1. The standard InChI is InChI=1S/C25H20F3N3O3/c1-34-23-13-20(15-5-8-17(9-6-15)25(26,27)28)30-21-12-16(7-10-18(21)23)24(33)31-22(14-32)19-4-2-3-11-29-19/h2-13,22,32H,14H2,1H3,(H,31,33). The molecule has 9 heteroatoms. The fourth-order valence-electron chi connectivity index (χ4n) is 3.52. The fourth-order valence-corrected chi connectivity index (χ4v) is 3.52.